The third-order valence-electron chi connectivity index (χ3n) is 5.00. The molecule has 0 aliphatic carbocycles. The van der Waals surface area contributed by atoms with Crippen LogP contribution >= 0.6 is 0 Å². The number of hydrogen-bond acceptors (Lipinski definition) is 7. The summed E-state index contributed by atoms with van der Waals surface area (Å²) in [5, 5.41) is 12.2. The highest BCUT2D eigenvalue weighted by atomic mass is 19.1. The average Bonchev–Trinajstić information content (AvgIpc) is 3.32. The first-order chi connectivity index (χ1) is 13.6. The van der Waals surface area contributed by atoms with Crippen molar-refractivity contribution in [1.29, 1.82) is 0 Å². The van der Waals surface area contributed by atoms with Gasteiger partial charge in [0.25, 0.3) is 5.91 Å². The van der Waals surface area contributed by atoms with E-state index in [1.54, 1.807) is 15.9 Å². The second-order valence-electron chi connectivity index (χ2n) is 7.01. The molecule has 2 N–H and O–H groups in total. The summed E-state index contributed by atoms with van der Waals surface area (Å²) in [5.74, 6) is 0.214. The molecular formula is C18H19FN6O3. The molecule has 2 bridgehead atoms. The number of nitrogens with zero attached hydrogens (tertiary/aromatic N) is 4. The van der Waals surface area contributed by atoms with Crippen LogP contribution in [0.25, 0.3) is 6.20 Å². The van der Waals surface area contributed by atoms with Gasteiger partial charge in [-0.15, -0.1) is 0 Å². The number of hydrogen-bond donors (Lipinski definition) is 2. The molecule has 3 aliphatic heterocycles. The smallest absolute Gasteiger partial charge is 0.257 e. The highest BCUT2D eigenvalue weighted by molar-refractivity contribution is 5.99. The second-order valence-corrected chi connectivity index (χ2v) is 7.01. The minimum absolute atomic E-state index is 0.198. The van der Waals surface area contributed by atoms with Gasteiger partial charge in [0, 0.05) is 11.8 Å². The van der Waals surface area contributed by atoms with Crippen molar-refractivity contribution >= 4 is 17.9 Å². The van der Waals surface area contributed by atoms with Crippen LogP contribution in [0.2, 0.25) is 0 Å². The molecule has 0 saturated carbocycles. The summed E-state index contributed by atoms with van der Waals surface area (Å²) in [7, 11) is 0. The molecule has 3 atom stereocenters. The lowest BCUT2D eigenvalue weighted by atomic mass is 10.1. The fraction of sp³-hybridized carbons (Fsp3) is 0.389. The number of rotatable bonds is 0. The summed E-state index contributed by atoms with van der Waals surface area (Å²) in [5.41, 5.74) is 1.04. The molecule has 0 spiro atoms. The number of carbonyl (C=O) groups excluding carboxylic acids is 1. The summed E-state index contributed by atoms with van der Waals surface area (Å²) in [6.45, 7) is 2.51. The van der Waals surface area contributed by atoms with E-state index in [1.807, 2.05) is 13.0 Å². The first kappa shape index (κ1) is 17.1. The van der Waals surface area contributed by atoms with E-state index in [-0.39, 0.29) is 30.8 Å². The molecule has 5 rings (SSSR count). The van der Waals surface area contributed by atoms with Crippen LogP contribution in [0.4, 0.5) is 10.2 Å². The van der Waals surface area contributed by atoms with Crippen LogP contribution in [0.5, 0.6) is 5.88 Å². The van der Waals surface area contributed by atoms with Gasteiger partial charge in [-0.3, -0.25) is 9.63 Å². The monoisotopic (exact) mass is 386 g/mol. The van der Waals surface area contributed by atoms with E-state index in [9.17, 15) is 9.18 Å². The van der Waals surface area contributed by atoms with E-state index in [0.717, 1.165) is 6.20 Å². The number of halogens is 1. The first-order valence-corrected chi connectivity index (χ1v) is 9.13. The minimum Gasteiger partial charge on any atom is -0.475 e. The van der Waals surface area contributed by atoms with E-state index in [1.165, 1.54) is 12.3 Å². The molecule has 10 heteroatoms. The van der Waals surface area contributed by atoms with Crippen LogP contribution < -0.4 is 15.4 Å². The highest BCUT2D eigenvalue weighted by Crippen LogP contribution is 2.38. The molecule has 0 radical (unpaired) electrons. The SMILES string of the molecule is C[C@@H]1COc2ncc(F)cc2[C@@H]2CCON2C2C=Cn3ncc(c3N2)C(=O)N1. The topological polar surface area (TPSA) is 93.5 Å². The molecule has 1 amide bonds. The Kier molecular flexibility index (Phi) is 4.02. The van der Waals surface area contributed by atoms with Crippen molar-refractivity contribution in [2.45, 2.75) is 31.6 Å². The molecule has 28 heavy (non-hydrogen) atoms. The Labute approximate surface area is 160 Å². The molecule has 1 unspecified atom stereocenters. The lowest BCUT2D eigenvalue weighted by Gasteiger charge is -2.32. The summed E-state index contributed by atoms with van der Waals surface area (Å²) in [6.07, 6.45) is 6.59. The van der Waals surface area contributed by atoms with Crippen LogP contribution in [-0.2, 0) is 4.84 Å². The Bertz CT molecular complexity index is 961. The molecule has 9 nitrogen and oxygen atoms in total. The Morgan fingerprint density at radius 3 is 3.11 bits per heavy atom. The number of ether oxygens (including phenoxy) is 1. The molecule has 146 valence electrons. The second kappa shape index (κ2) is 6.57. The van der Waals surface area contributed by atoms with Crippen molar-refractivity contribution in [2.24, 2.45) is 0 Å². The van der Waals surface area contributed by atoms with Gasteiger partial charge in [-0.1, -0.05) is 0 Å². The quantitative estimate of drug-likeness (QED) is 0.709. The highest BCUT2D eigenvalue weighted by Gasteiger charge is 2.37. The lowest BCUT2D eigenvalue weighted by molar-refractivity contribution is -0.147. The fourth-order valence-electron chi connectivity index (χ4n) is 3.69. The number of pyridine rings is 1. The van der Waals surface area contributed by atoms with Crippen molar-refractivity contribution in [3.63, 3.8) is 0 Å². The zero-order chi connectivity index (χ0) is 19.3. The molecule has 5 heterocycles. The van der Waals surface area contributed by atoms with Crippen molar-refractivity contribution in [3.8, 4) is 5.88 Å². The maximum Gasteiger partial charge on any atom is 0.257 e. The molecule has 2 aromatic rings. The number of hydroxylamine groups is 2. The first-order valence-electron chi connectivity index (χ1n) is 9.13. The molecule has 0 aromatic carbocycles. The average molecular weight is 386 g/mol. The minimum atomic E-state index is -0.438. The van der Waals surface area contributed by atoms with Crippen molar-refractivity contribution < 1.29 is 18.8 Å². The Hall–Kier alpha value is -2.98. The molecule has 1 saturated heterocycles. The third kappa shape index (κ3) is 2.81. The predicted octanol–water partition coefficient (Wildman–Crippen LogP) is 1.53. The Morgan fingerprint density at radius 1 is 1.32 bits per heavy atom. The maximum atomic E-state index is 14.0. The van der Waals surface area contributed by atoms with Crippen LogP contribution in [0, 0.1) is 5.82 Å². The zero-order valence-electron chi connectivity index (χ0n) is 15.1. The van der Waals surface area contributed by atoms with Gasteiger partial charge in [0.2, 0.25) is 5.88 Å². The van der Waals surface area contributed by atoms with Crippen molar-refractivity contribution in [3.05, 3.63) is 41.5 Å². The van der Waals surface area contributed by atoms with Gasteiger partial charge in [-0.05, 0) is 25.5 Å². The molecule has 3 aliphatic rings. The van der Waals surface area contributed by atoms with E-state index in [2.05, 4.69) is 20.7 Å². The summed E-state index contributed by atoms with van der Waals surface area (Å²) >= 11 is 0. The van der Waals surface area contributed by atoms with Crippen molar-refractivity contribution in [2.75, 3.05) is 18.5 Å². The Morgan fingerprint density at radius 2 is 2.21 bits per heavy atom. The van der Waals surface area contributed by atoms with Gasteiger partial charge in [0.15, 0.2) is 0 Å². The largest absolute Gasteiger partial charge is 0.475 e. The lowest BCUT2D eigenvalue weighted by Crippen LogP contribution is -2.41. The van der Waals surface area contributed by atoms with Gasteiger partial charge in [0.1, 0.15) is 30.0 Å². The number of amides is 1. The number of fused-ring (bicyclic) bond motifs is 5. The summed E-state index contributed by atoms with van der Waals surface area (Å²) in [6, 6.07) is 0.895. The van der Waals surface area contributed by atoms with E-state index in [0.29, 0.717) is 35.9 Å². The van der Waals surface area contributed by atoms with E-state index >= 15 is 0 Å². The number of nitrogens with one attached hydrogen (secondary N) is 2. The standard InChI is InChI=1S/C18H19FN6O3/c1-10-9-27-18-12(6-11(19)7-20-18)14-3-5-28-25(14)15-2-4-24-16(23-15)13(8-21-24)17(26)22-10/h2,4,6-8,10,14-15,23H,3,5,9H2,1H3,(H,22,26)/t10-,14+,15?/m1/s1. The van der Waals surface area contributed by atoms with Crippen LogP contribution in [-0.4, -0.2) is 51.2 Å². The number of carbonyl (C=O) groups is 1. The van der Waals surface area contributed by atoms with Gasteiger partial charge in [-0.2, -0.15) is 10.2 Å². The van der Waals surface area contributed by atoms with E-state index in [4.69, 9.17) is 9.57 Å². The van der Waals surface area contributed by atoms with Gasteiger partial charge >= 0.3 is 0 Å². The van der Waals surface area contributed by atoms with E-state index < -0.39 is 5.82 Å². The molecule has 2 aromatic heterocycles. The van der Waals surface area contributed by atoms with Gasteiger partial charge in [0.05, 0.1) is 31.1 Å². The van der Waals surface area contributed by atoms with Gasteiger partial charge < -0.3 is 15.4 Å². The van der Waals surface area contributed by atoms with Crippen LogP contribution in [0.1, 0.15) is 35.3 Å². The van der Waals surface area contributed by atoms with Crippen LogP contribution in [0.15, 0.2) is 24.5 Å². The third-order valence-corrected chi connectivity index (χ3v) is 5.00. The summed E-state index contributed by atoms with van der Waals surface area (Å²) < 4.78 is 21.4. The molecular weight excluding hydrogens is 367 g/mol. The van der Waals surface area contributed by atoms with Crippen LogP contribution in [0.3, 0.4) is 0 Å². The molecule has 1 fully saturated rings. The van der Waals surface area contributed by atoms with Gasteiger partial charge in [-0.25, -0.2) is 14.1 Å². The van der Waals surface area contributed by atoms with Crippen molar-refractivity contribution in [1.82, 2.24) is 25.1 Å². The predicted molar refractivity (Wildman–Crippen MR) is 96.7 cm³/mol. The number of anilines is 1. The summed E-state index contributed by atoms with van der Waals surface area (Å²) in [4.78, 5) is 22.7. The normalized spacial score (nSPS) is 26.6. The maximum absolute atomic E-state index is 14.0. The zero-order valence-corrected chi connectivity index (χ0v) is 15.1. The number of aromatic nitrogens is 3. The Balaban J connectivity index is 1.60. The fourth-order valence-corrected chi connectivity index (χ4v) is 3.69.